The molecule has 0 aliphatic carbocycles. The van der Waals surface area contributed by atoms with Crippen LogP contribution in [0, 0.1) is 0 Å². The summed E-state index contributed by atoms with van der Waals surface area (Å²) in [4.78, 5) is 35.5. The van der Waals surface area contributed by atoms with Crippen LogP contribution in [-0.2, 0) is 14.4 Å². The van der Waals surface area contributed by atoms with Gasteiger partial charge in [-0.1, -0.05) is 19.8 Å². The number of carbonyl (C=O) groups excluding carboxylic acids is 2. The first-order valence-electron chi connectivity index (χ1n) is 8.98. The summed E-state index contributed by atoms with van der Waals surface area (Å²) in [5, 5.41) is 40.2. The molecule has 11 heteroatoms. The van der Waals surface area contributed by atoms with Gasteiger partial charge < -0.3 is 34.9 Å². The van der Waals surface area contributed by atoms with Crippen LogP contribution in [0.25, 0.3) is 0 Å². The summed E-state index contributed by atoms with van der Waals surface area (Å²) in [5.41, 5.74) is 0. The number of hydrogen-bond donors (Lipinski definition) is 2. The van der Waals surface area contributed by atoms with Crippen LogP contribution in [0.5, 0.6) is 0 Å². The molecule has 0 spiro atoms. The van der Waals surface area contributed by atoms with Gasteiger partial charge in [0.2, 0.25) is 0 Å². The van der Waals surface area contributed by atoms with E-state index in [9.17, 15) is 29.7 Å². The van der Waals surface area contributed by atoms with Crippen molar-refractivity contribution in [2.75, 3.05) is 39.3 Å². The number of nitrogens with zero attached hydrogens (tertiary/aromatic N) is 2. The third kappa shape index (κ3) is 21.0. The molecule has 0 saturated carbocycles. The molecule has 152 valence electrons. The van der Waals surface area contributed by atoms with Crippen LogP contribution >= 0.6 is 0 Å². The molecule has 0 bridgehead atoms. The molecule has 0 aromatic rings. The van der Waals surface area contributed by atoms with Crippen LogP contribution in [0.1, 0.15) is 45.4 Å². The van der Waals surface area contributed by atoms with Gasteiger partial charge >= 0.3 is 65.1 Å². The van der Waals surface area contributed by atoms with Crippen LogP contribution in [0.2, 0.25) is 0 Å². The van der Waals surface area contributed by atoms with Crippen molar-refractivity contribution in [1.82, 2.24) is 9.80 Å². The molecule has 0 amide bonds. The second-order valence-corrected chi connectivity index (χ2v) is 6.33. The van der Waals surface area contributed by atoms with E-state index in [1.54, 1.807) is 9.80 Å². The van der Waals surface area contributed by atoms with E-state index >= 15 is 0 Å². The predicted octanol–water partition coefficient (Wildman–Crippen LogP) is -8.10. The Morgan fingerprint density at radius 2 is 1.32 bits per heavy atom. The average molecular weight is 420 g/mol. The van der Waals surface area contributed by atoms with E-state index in [4.69, 9.17) is 5.11 Å². The zero-order valence-corrected chi connectivity index (χ0v) is 21.4. The van der Waals surface area contributed by atoms with Crippen LogP contribution in [0.4, 0.5) is 0 Å². The third-order valence-electron chi connectivity index (χ3n) is 4.00. The SMILES string of the molecule is CCCCC(O)CN(CCC(=O)O)CCN(CCC(=O)[O-])CCC(=O)[O-].[Na+].[Na+]. The third-order valence-corrected chi connectivity index (χ3v) is 4.00. The number of unbranched alkanes of at least 4 members (excludes halogenated alkanes) is 1. The van der Waals surface area contributed by atoms with E-state index in [0.717, 1.165) is 12.8 Å². The molecule has 28 heavy (non-hydrogen) atoms. The van der Waals surface area contributed by atoms with Crippen LogP contribution in [-0.4, -0.2) is 83.3 Å². The fourth-order valence-corrected chi connectivity index (χ4v) is 2.49. The van der Waals surface area contributed by atoms with Gasteiger partial charge in [-0.25, -0.2) is 0 Å². The number of aliphatic hydroxyl groups is 1. The van der Waals surface area contributed by atoms with E-state index in [1.807, 2.05) is 6.92 Å². The maximum absolute atomic E-state index is 10.8. The normalized spacial score (nSPS) is 11.6. The molecule has 1 atom stereocenters. The molecule has 0 fully saturated rings. The van der Waals surface area contributed by atoms with E-state index < -0.39 is 24.0 Å². The minimum absolute atomic E-state index is 0. The van der Waals surface area contributed by atoms with Gasteiger partial charge in [0, 0.05) is 51.2 Å². The molecule has 0 heterocycles. The monoisotopic (exact) mass is 420 g/mol. The first-order valence-corrected chi connectivity index (χ1v) is 8.98. The molecular weight excluding hydrogens is 390 g/mol. The summed E-state index contributed by atoms with van der Waals surface area (Å²) < 4.78 is 0. The molecule has 9 nitrogen and oxygen atoms in total. The zero-order chi connectivity index (χ0) is 19.9. The average Bonchev–Trinajstić information content (AvgIpc) is 2.56. The first kappa shape index (κ1) is 32.9. The smallest absolute Gasteiger partial charge is 0.550 e. The molecule has 0 saturated heterocycles. The Hall–Kier alpha value is 0.290. The summed E-state index contributed by atoms with van der Waals surface area (Å²) in [6.07, 6.45) is 1.37. The summed E-state index contributed by atoms with van der Waals surface area (Å²) in [7, 11) is 0. The predicted molar refractivity (Wildman–Crippen MR) is 89.9 cm³/mol. The van der Waals surface area contributed by atoms with E-state index in [-0.39, 0.29) is 98.0 Å². The Balaban J connectivity index is -0.00000312. The molecule has 0 aliphatic rings. The second kappa shape index (κ2) is 20.6. The van der Waals surface area contributed by atoms with Crippen LogP contribution in [0.3, 0.4) is 0 Å². The Kier molecular flexibility index (Phi) is 24.2. The van der Waals surface area contributed by atoms with Gasteiger partial charge in [-0.3, -0.25) is 9.69 Å². The van der Waals surface area contributed by atoms with Crippen molar-refractivity contribution in [1.29, 1.82) is 0 Å². The van der Waals surface area contributed by atoms with Gasteiger partial charge in [0.25, 0.3) is 0 Å². The number of carboxylic acids is 3. The number of aliphatic hydroxyl groups excluding tert-OH is 1. The summed E-state index contributed by atoms with van der Waals surface area (Å²) in [6, 6.07) is 0. The Morgan fingerprint density at radius 3 is 1.75 bits per heavy atom. The van der Waals surface area contributed by atoms with Crippen LogP contribution in [0.15, 0.2) is 0 Å². The Morgan fingerprint density at radius 1 is 0.857 bits per heavy atom. The van der Waals surface area contributed by atoms with Crippen molar-refractivity contribution in [3.05, 3.63) is 0 Å². The van der Waals surface area contributed by atoms with E-state index in [0.29, 0.717) is 26.1 Å². The quantitative estimate of drug-likeness (QED) is 0.219. The molecular formula is C17H30N2Na2O7. The maximum atomic E-state index is 10.8. The van der Waals surface area contributed by atoms with Crippen molar-refractivity contribution < 1.29 is 93.9 Å². The Bertz CT molecular complexity index is 424. The minimum Gasteiger partial charge on any atom is -0.550 e. The van der Waals surface area contributed by atoms with Gasteiger partial charge in [0.15, 0.2) is 0 Å². The molecule has 0 radical (unpaired) electrons. The molecule has 0 aromatic carbocycles. The molecule has 2 N–H and O–H groups in total. The summed E-state index contributed by atoms with van der Waals surface area (Å²) >= 11 is 0. The number of rotatable bonds is 17. The van der Waals surface area contributed by atoms with Gasteiger partial charge in [0.1, 0.15) is 0 Å². The maximum Gasteiger partial charge on any atom is 1.00 e. The summed E-state index contributed by atoms with van der Waals surface area (Å²) in [5.74, 6) is -3.38. The molecule has 0 rings (SSSR count). The number of hydrogen-bond acceptors (Lipinski definition) is 8. The number of carboxylic acid groups (broad SMARTS) is 3. The van der Waals surface area contributed by atoms with Gasteiger partial charge in [0.05, 0.1) is 12.5 Å². The summed E-state index contributed by atoms with van der Waals surface area (Å²) in [6.45, 7) is 3.63. The zero-order valence-electron chi connectivity index (χ0n) is 17.4. The minimum atomic E-state index is -1.22. The van der Waals surface area contributed by atoms with Crippen molar-refractivity contribution >= 4 is 17.9 Å². The fraction of sp³-hybridized carbons (Fsp3) is 0.824. The molecule has 1 unspecified atom stereocenters. The van der Waals surface area contributed by atoms with Crippen LogP contribution < -0.4 is 69.3 Å². The van der Waals surface area contributed by atoms with E-state index in [1.165, 1.54) is 0 Å². The number of carbonyl (C=O) groups is 3. The van der Waals surface area contributed by atoms with Gasteiger partial charge in [-0.15, -0.1) is 0 Å². The molecule has 0 aromatic heterocycles. The molecule has 0 aliphatic heterocycles. The number of aliphatic carboxylic acids is 3. The van der Waals surface area contributed by atoms with Crippen molar-refractivity contribution in [3.63, 3.8) is 0 Å². The van der Waals surface area contributed by atoms with E-state index in [2.05, 4.69) is 0 Å². The Labute approximate surface area is 211 Å². The van der Waals surface area contributed by atoms with Crippen molar-refractivity contribution in [2.45, 2.75) is 51.6 Å². The van der Waals surface area contributed by atoms with Gasteiger partial charge in [-0.05, 0) is 19.3 Å². The topological polar surface area (TPSA) is 144 Å². The van der Waals surface area contributed by atoms with Crippen molar-refractivity contribution in [3.8, 4) is 0 Å². The van der Waals surface area contributed by atoms with Crippen molar-refractivity contribution in [2.24, 2.45) is 0 Å². The largest absolute Gasteiger partial charge is 1.00 e. The van der Waals surface area contributed by atoms with Gasteiger partial charge in [-0.2, -0.15) is 0 Å². The standard InChI is InChI=1S/C17H32N2O7.2Na/c1-2-3-4-14(20)13-19(10-7-17(25)26)12-11-18(8-5-15(21)22)9-6-16(23)24;;/h14,20H,2-13H2,1H3,(H,21,22)(H,23,24)(H,25,26);;/q;2*+1/p-2. The fourth-order valence-electron chi connectivity index (χ4n) is 2.49. The first-order chi connectivity index (χ1) is 12.2. The second-order valence-electron chi connectivity index (χ2n) is 6.33.